The van der Waals surface area contributed by atoms with Crippen molar-refractivity contribution in [1.82, 2.24) is 20.0 Å². The van der Waals surface area contributed by atoms with Crippen LogP contribution in [0.1, 0.15) is 33.6 Å². The van der Waals surface area contributed by atoms with Gasteiger partial charge in [-0.1, -0.05) is 18.2 Å². The van der Waals surface area contributed by atoms with Crippen molar-refractivity contribution >= 4 is 52.8 Å². The Hall–Kier alpha value is -3.27. The molecule has 41 heavy (non-hydrogen) atoms. The molecule has 2 aromatic carbocycles. The number of aromatic amines is 1. The summed E-state index contributed by atoms with van der Waals surface area (Å²) in [6, 6.07) is 10.0. The number of carbonyl (C=O) groups is 1. The number of nitrogens with one attached hydrogen (secondary N) is 2. The van der Waals surface area contributed by atoms with E-state index in [9.17, 15) is 18.1 Å². The van der Waals surface area contributed by atoms with Gasteiger partial charge in [-0.25, -0.2) is 18.9 Å². The molecule has 0 bridgehead atoms. The summed E-state index contributed by atoms with van der Waals surface area (Å²) in [7, 11) is -3.53. The van der Waals surface area contributed by atoms with Crippen molar-refractivity contribution in [2.45, 2.75) is 45.8 Å². The molecular weight excluding hydrogens is 575 g/mol. The number of piperidine rings is 1. The van der Waals surface area contributed by atoms with E-state index >= 15 is 0 Å². The number of rotatable bonds is 9. The van der Waals surface area contributed by atoms with Gasteiger partial charge in [0.1, 0.15) is 34.5 Å². The number of benzene rings is 2. The van der Waals surface area contributed by atoms with Crippen molar-refractivity contribution in [2.75, 3.05) is 24.2 Å². The number of para-hydroxylation sites is 1. The summed E-state index contributed by atoms with van der Waals surface area (Å²) >= 11 is 6.22. The molecule has 0 aliphatic carbocycles. The summed E-state index contributed by atoms with van der Waals surface area (Å²) < 4.78 is 53.9. The van der Waals surface area contributed by atoms with Crippen LogP contribution in [0.25, 0.3) is 21.9 Å². The number of aromatic nitrogens is 3. The molecule has 2 aromatic heterocycles. The standard InChI is InChI=1S/C28H31ClF2N5O4P/c1-16(2)39-27(37)17(3)35-41(38,40-20-7-5-4-6-8-20)15-18-9-11-36(12-10-18)26-25-24(33-28(29)34-26)23-21(31)13-19(30)14-22(23)32-25/h4-8,13-14,16-18,32H,9-12,15H2,1-3H3,(H,35,38)/t17-,41?/m0/s1. The van der Waals surface area contributed by atoms with Gasteiger partial charge in [0.25, 0.3) is 0 Å². The van der Waals surface area contributed by atoms with Crippen LogP contribution in [0.4, 0.5) is 14.6 Å². The van der Waals surface area contributed by atoms with Crippen LogP contribution in [0, 0.1) is 17.6 Å². The predicted molar refractivity (Wildman–Crippen MR) is 155 cm³/mol. The van der Waals surface area contributed by atoms with Crippen molar-refractivity contribution < 1.29 is 27.4 Å². The maximum absolute atomic E-state index is 14.6. The van der Waals surface area contributed by atoms with Crippen molar-refractivity contribution in [3.8, 4) is 5.75 Å². The van der Waals surface area contributed by atoms with Crippen LogP contribution in [0.5, 0.6) is 5.75 Å². The fraction of sp³-hybridized carbons (Fsp3) is 0.393. The molecule has 1 aliphatic rings. The van der Waals surface area contributed by atoms with Crippen molar-refractivity contribution in [1.29, 1.82) is 0 Å². The molecule has 2 atom stereocenters. The van der Waals surface area contributed by atoms with Crippen LogP contribution >= 0.6 is 19.1 Å². The minimum absolute atomic E-state index is 0.00340. The number of hydrogen-bond acceptors (Lipinski definition) is 7. The highest BCUT2D eigenvalue weighted by Crippen LogP contribution is 2.47. The molecule has 0 amide bonds. The van der Waals surface area contributed by atoms with E-state index in [0.29, 0.717) is 43.0 Å². The fourth-order valence-electron chi connectivity index (χ4n) is 5.11. The maximum atomic E-state index is 14.6. The van der Waals surface area contributed by atoms with Gasteiger partial charge in [-0.15, -0.1) is 0 Å². The Morgan fingerprint density at radius 1 is 1.17 bits per heavy atom. The summed E-state index contributed by atoms with van der Waals surface area (Å²) in [6.45, 7) is 6.18. The Labute approximate surface area is 241 Å². The molecule has 9 nitrogen and oxygen atoms in total. The van der Waals surface area contributed by atoms with Gasteiger partial charge in [0.15, 0.2) is 5.82 Å². The molecule has 1 unspecified atom stereocenters. The quantitative estimate of drug-likeness (QED) is 0.127. The van der Waals surface area contributed by atoms with Crippen LogP contribution in [-0.4, -0.2) is 52.3 Å². The van der Waals surface area contributed by atoms with E-state index in [0.717, 1.165) is 6.07 Å². The van der Waals surface area contributed by atoms with Gasteiger partial charge in [0.2, 0.25) is 5.28 Å². The van der Waals surface area contributed by atoms with E-state index in [-0.39, 0.29) is 39.9 Å². The number of nitrogens with zero attached hydrogens (tertiary/aromatic N) is 3. The summed E-state index contributed by atoms with van der Waals surface area (Å²) in [5.74, 6) is -1.02. The number of halogens is 3. The summed E-state index contributed by atoms with van der Waals surface area (Å²) in [6.07, 6.45) is 1.17. The molecular formula is C28H31ClF2N5O4P. The minimum Gasteiger partial charge on any atom is -0.462 e. The summed E-state index contributed by atoms with van der Waals surface area (Å²) in [4.78, 5) is 26.1. The normalized spacial score (nSPS) is 16.7. The number of hydrogen-bond donors (Lipinski definition) is 2. The van der Waals surface area contributed by atoms with Crippen LogP contribution in [0.3, 0.4) is 0 Å². The predicted octanol–water partition coefficient (Wildman–Crippen LogP) is 6.46. The second-order valence-corrected chi connectivity index (χ2v) is 13.0. The largest absolute Gasteiger partial charge is 0.462 e. The highest BCUT2D eigenvalue weighted by molar-refractivity contribution is 7.57. The second-order valence-electron chi connectivity index (χ2n) is 10.5. The van der Waals surface area contributed by atoms with E-state index in [2.05, 4.69) is 20.0 Å². The zero-order valence-corrected chi connectivity index (χ0v) is 24.5. The molecule has 4 aromatic rings. The molecule has 1 saturated heterocycles. The topological polar surface area (TPSA) is 109 Å². The van der Waals surface area contributed by atoms with E-state index in [1.54, 1.807) is 45.0 Å². The molecule has 0 radical (unpaired) electrons. The van der Waals surface area contributed by atoms with E-state index in [1.807, 2.05) is 11.0 Å². The Kier molecular flexibility index (Phi) is 8.50. The van der Waals surface area contributed by atoms with Crippen LogP contribution in [0.15, 0.2) is 42.5 Å². The average molecular weight is 606 g/mol. The van der Waals surface area contributed by atoms with Crippen LogP contribution in [-0.2, 0) is 14.1 Å². The Balaban J connectivity index is 1.34. The zero-order chi connectivity index (χ0) is 29.3. The zero-order valence-electron chi connectivity index (χ0n) is 22.9. The monoisotopic (exact) mass is 605 g/mol. The van der Waals surface area contributed by atoms with E-state index < -0.39 is 31.2 Å². The number of H-pyrrole nitrogens is 1. The first-order valence-electron chi connectivity index (χ1n) is 13.4. The Morgan fingerprint density at radius 3 is 2.56 bits per heavy atom. The van der Waals surface area contributed by atoms with E-state index in [1.165, 1.54) is 6.07 Å². The molecule has 13 heteroatoms. The molecule has 218 valence electrons. The van der Waals surface area contributed by atoms with Gasteiger partial charge in [-0.2, -0.15) is 4.98 Å². The second kappa shape index (κ2) is 11.9. The van der Waals surface area contributed by atoms with Gasteiger partial charge in [0.05, 0.1) is 23.2 Å². The lowest BCUT2D eigenvalue weighted by molar-refractivity contribution is -0.149. The van der Waals surface area contributed by atoms with Crippen LogP contribution in [0.2, 0.25) is 5.28 Å². The Bertz CT molecular complexity index is 1610. The first-order valence-corrected chi connectivity index (χ1v) is 15.6. The maximum Gasteiger partial charge on any atom is 0.323 e. The van der Waals surface area contributed by atoms with Crippen molar-refractivity contribution in [3.63, 3.8) is 0 Å². The number of fused-ring (bicyclic) bond motifs is 3. The van der Waals surface area contributed by atoms with Gasteiger partial charge in [0, 0.05) is 19.2 Å². The fourth-order valence-corrected chi connectivity index (χ4v) is 7.71. The highest BCUT2D eigenvalue weighted by Gasteiger charge is 2.35. The summed E-state index contributed by atoms with van der Waals surface area (Å²) in [5.41, 5.74) is 1.01. The average Bonchev–Trinajstić information content (AvgIpc) is 3.27. The van der Waals surface area contributed by atoms with Crippen molar-refractivity contribution in [2.24, 2.45) is 5.92 Å². The molecule has 1 fully saturated rings. The number of anilines is 1. The van der Waals surface area contributed by atoms with Crippen molar-refractivity contribution in [3.05, 3.63) is 59.4 Å². The number of esters is 1. The van der Waals surface area contributed by atoms with Crippen LogP contribution < -0.4 is 14.5 Å². The third kappa shape index (κ3) is 6.63. The van der Waals surface area contributed by atoms with Gasteiger partial charge in [-0.05, 0) is 69.3 Å². The summed E-state index contributed by atoms with van der Waals surface area (Å²) in [5, 5.41) is 3.03. The lowest BCUT2D eigenvalue weighted by atomic mass is 9.99. The number of carbonyl (C=O) groups excluding carboxylic acids is 1. The smallest absolute Gasteiger partial charge is 0.323 e. The van der Waals surface area contributed by atoms with E-state index in [4.69, 9.17) is 20.9 Å². The lowest BCUT2D eigenvalue weighted by Gasteiger charge is -2.34. The molecule has 5 rings (SSSR count). The molecule has 1 aliphatic heterocycles. The minimum atomic E-state index is -3.53. The third-order valence-electron chi connectivity index (χ3n) is 6.92. The first-order chi connectivity index (χ1) is 19.5. The van der Waals surface area contributed by atoms with Gasteiger partial charge >= 0.3 is 13.5 Å². The highest BCUT2D eigenvalue weighted by atomic mass is 35.5. The lowest BCUT2D eigenvalue weighted by Crippen LogP contribution is -2.39. The third-order valence-corrected chi connectivity index (χ3v) is 9.37. The molecule has 3 heterocycles. The Morgan fingerprint density at radius 2 is 1.88 bits per heavy atom. The van der Waals surface area contributed by atoms with Gasteiger partial charge < -0.3 is 19.1 Å². The molecule has 2 N–H and O–H groups in total. The first kappa shape index (κ1) is 29.2. The van der Waals surface area contributed by atoms with Gasteiger partial charge in [-0.3, -0.25) is 9.36 Å². The SMILES string of the molecule is CC(C)OC(=O)[C@H](C)NP(=O)(CC1CCN(c2nc(Cl)nc3c2[nH]c2cc(F)cc(F)c23)CC1)Oc1ccccc1. The molecule has 0 spiro atoms. The number of ether oxygens (including phenoxy) is 1. The molecule has 0 saturated carbocycles.